The van der Waals surface area contributed by atoms with Crippen LogP contribution in [-0.4, -0.2) is 48.2 Å². The summed E-state index contributed by atoms with van der Waals surface area (Å²) in [6.45, 7) is 8.90. The molecule has 1 fully saturated rings. The summed E-state index contributed by atoms with van der Waals surface area (Å²) in [7, 11) is 0. The maximum absolute atomic E-state index is 12.2. The molecule has 1 aliphatic heterocycles. The summed E-state index contributed by atoms with van der Waals surface area (Å²) in [6, 6.07) is -0.210. The largest absolute Gasteiger partial charge is 0.396 e. The van der Waals surface area contributed by atoms with Gasteiger partial charge < -0.3 is 15.3 Å². The van der Waals surface area contributed by atoms with E-state index in [0.29, 0.717) is 6.42 Å². The zero-order valence-corrected chi connectivity index (χ0v) is 10.6. The molecule has 94 valence electrons. The average molecular weight is 228 g/mol. The molecule has 0 spiro atoms. The van der Waals surface area contributed by atoms with Crippen molar-refractivity contribution < 1.29 is 9.90 Å². The quantitative estimate of drug-likeness (QED) is 0.741. The highest BCUT2D eigenvalue weighted by Gasteiger charge is 2.33. The lowest BCUT2D eigenvalue weighted by Crippen LogP contribution is -2.44. The van der Waals surface area contributed by atoms with Gasteiger partial charge in [0.2, 0.25) is 5.91 Å². The Labute approximate surface area is 98.0 Å². The van der Waals surface area contributed by atoms with Gasteiger partial charge in [-0.05, 0) is 18.3 Å². The van der Waals surface area contributed by atoms with Crippen LogP contribution in [0, 0.1) is 5.41 Å². The van der Waals surface area contributed by atoms with E-state index in [1.807, 2.05) is 4.90 Å². The van der Waals surface area contributed by atoms with Gasteiger partial charge in [-0.1, -0.05) is 20.8 Å². The normalized spacial score (nSPS) is 25.6. The Kier molecular flexibility index (Phi) is 4.74. The SMILES string of the molecule is CCCN1CC(C)(C)CNC(CCO)C1=O. The minimum absolute atomic E-state index is 0.0593. The van der Waals surface area contributed by atoms with Gasteiger partial charge in [0.15, 0.2) is 0 Å². The zero-order valence-electron chi connectivity index (χ0n) is 10.6. The number of hydrogen-bond donors (Lipinski definition) is 2. The fourth-order valence-corrected chi connectivity index (χ4v) is 2.17. The van der Waals surface area contributed by atoms with E-state index in [-0.39, 0.29) is 24.0 Å². The third-order valence-electron chi connectivity index (χ3n) is 2.97. The van der Waals surface area contributed by atoms with E-state index >= 15 is 0 Å². The summed E-state index contributed by atoms with van der Waals surface area (Å²) >= 11 is 0. The number of carbonyl (C=O) groups excluding carboxylic acids is 1. The summed E-state index contributed by atoms with van der Waals surface area (Å²) < 4.78 is 0. The van der Waals surface area contributed by atoms with Gasteiger partial charge in [0.05, 0.1) is 6.04 Å². The molecule has 2 N–H and O–H groups in total. The molecular formula is C12H24N2O2. The molecule has 0 saturated carbocycles. The average Bonchev–Trinajstić information content (AvgIpc) is 2.31. The van der Waals surface area contributed by atoms with Gasteiger partial charge in [-0.25, -0.2) is 0 Å². The van der Waals surface area contributed by atoms with Crippen LogP contribution in [0.1, 0.15) is 33.6 Å². The Balaban J connectivity index is 2.75. The molecule has 1 rings (SSSR count). The van der Waals surface area contributed by atoms with Crippen molar-refractivity contribution in [2.45, 2.75) is 39.7 Å². The van der Waals surface area contributed by atoms with Crippen LogP contribution in [0.4, 0.5) is 0 Å². The van der Waals surface area contributed by atoms with Gasteiger partial charge in [-0.15, -0.1) is 0 Å². The van der Waals surface area contributed by atoms with E-state index in [4.69, 9.17) is 5.11 Å². The molecule has 1 amide bonds. The first-order valence-electron chi connectivity index (χ1n) is 6.13. The number of aliphatic hydroxyl groups is 1. The van der Waals surface area contributed by atoms with Gasteiger partial charge in [-0.2, -0.15) is 0 Å². The molecule has 1 unspecified atom stereocenters. The number of rotatable bonds is 4. The Hall–Kier alpha value is -0.610. The van der Waals surface area contributed by atoms with E-state index in [1.54, 1.807) is 0 Å². The van der Waals surface area contributed by atoms with E-state index in [9.17, 15) is 4.79 Å². The third kappa shape index (κ3) is 3.46. The molecular weight excluding hydrogens is 204 g/mol. The van der Waals surface area contributed by atoms with Crippen molar-refractivity contribution in [1.82, 2.24) is 10.2 Å². The van der Waals surface area contributed by atoms with E-state index < -0.39 is 0 Å². The molecule has 1 heterocycles. The predicted octanol–water partition coefficient (Wildman–Crippen LogP) is 0.605. The Morgan fingerprint density at radius 1 is 1.56 bits per heavy atom. The van der Waals surface area contributed by atoms with Crippen molar-refractivity contribution in [3.63, 3.8) is 0 Å². The standard InChI is InChI=1S/C12H24N2O2/c1-4-6-14-9-12(2,3)8-13-10(5-7-15)11(14)16/h10,13,15H,4-9H2,1-3H3. The summed E-state index contributed by atoms with van der Waals surface area (Å²) in [5.74, 6) is 0.140. The number of nitrogens with zero attached hydrogens (tertiary/aromatic N) is 1. The number of carbonyl (C=O) groups is 1. The second-order valence-electron chi connectivity index (χ2n) is 5.37. The molecule has 4 heteroatoms. The Bertz CT molecular complexity index is 241. The molecule has 1 aliphatic rings. The highest BCUT2D eigenvalue weighted by molar-refractivity contribution is 5.82. The topological polar surface area (TPSA) is 52.6 Å². The summed E-state index contributed by atoms with van der Waals surface area (Å²) in [6.07, 6.45) is 1.49. The van der Waals surface area contributed by atoms with Crippen LogP contribution in [0.15, 0.2) is 0 Å². The molecule has 1 saturated heterocycles. The van der Waals surface area contributed by atoms with Crippen LogP contribution in [0.25, 0.3) is 0 Å². The van der Waals surface area contributed by atoms with Gasteiger partial charge >= 0.3 is 0 Å². The Morgan fingerprint density at radius 3 is 2.81 bits per heavy atom. The smallest absolute Gasteiger partial charge is 0.239 e. The molecule has 0 aromatic carbocycles. The van der Waals surface area contributed by atoms with E-state index in [1.165, 1.54) is 0 Å². The van der Waals surface area contributed by atoms with Gasteiger partial charge in [0, 0.05) is 26.2 Å². The van der Waals surface area contributed by atoms with Crippen molar-refractivity contribution in [2.24, 2.45) is 5.41 Å². The lowest BCUT2D eigenvalue weighted by atomic mass is 9.93. The highest BCUT2D eigenvalue weighted by Crippen LogP contribution is 2.20. The lowest BCUT2D eigenvalue weighted by molar-refractivity contribution is -0.133. The molecule has 16 heavy (non-hydrogen) atoms. The van der Waals surface area contributed by atoms with Crippen LogP contribution >= 0.6 is 0 Å². The van der Waals surface area contributed by atoms with Gasteiger partial charge in [0.1, 0.15) is 0 Å². The maximum atomic E-state index is 12.2. The fraction of sp³-hybridized carbons (Fsp3) is 0.917. The number of nitrogens with one attached hydrogen (secondary N) is 1. The molecule has 0 aromatic rings. The molecule has 4 nitrogen and oxygen atoms in total. The van der Waals surface area contributed by atoms with Crippen molar-refractivity contribution in [3.05, 3.63) is 0 Å². The van der Waals surface area contributed by atoms with Crippen molar-refractivity contribution in [1.29, 1.82) is 0 Å². The van der Waals surface area contributed by atoms with Gasteiger partial charge in [0.25, 0.3) is 0 Å². The van der Waals surface area contributed by atoms with Crippen molar-refractivity contribution >= 4 is 5.91 Å². The molecule has 0 aromatic heterocycles. The molecule has 0 bridgehead atoms. The second kappa shape index (κ2) is 5.64. The van der Waals surface area contributed by atoms with Crippen LogP contribution in [0.3, 0.4) is 0 Å². The monoisotopic (exact) mass is 228 g/mol. The first kappa shape index (κ1) is 13.5. The lowest BCUT2D eigenvalue weighted by Gasteiger charge is -2.29. The fourth-order valence-electron chi connectivity index (χ4n) is 2.17. The minimum Gasteiger partial charge on any atom is -0.396 e. The van der Waals surface area contributed by atoms with Crippen LogP contribution in [0.2, 0.25) is 0 Å². The van der Waals surface area contributed by atoms with Gasteiger partial charge in [-0.3, -0.25) is 4.79 Å². The van der Waals surface area contributed by atoms with Crippen LogP contribution < -0.4 is 5.32 Å². The zero-order chi connectivity index (χ0) is 12.2. The third-order valence-corrected chi connectivity index (χ3v) is 2.97. The predicted molar refractivity (Wildman–Crippen MR) is 64.1 cm³/mol. The first-order chi connectivity index (χ1) is 7.50. The van der Waals surface area contributed by atoms with E-state index in [0.717, 1.165) is 26.1 Å². The summed E-state index contributed by atoms with van der Waals surface area (Å²) in [5, 5.41) is 12.2. The van der Waals surface area contributed by atoms with E-state index in [2.05, 4.69) is 26.1 Å². The second-order valence-corrected chi connectivity index (χ2v) is 5.37. The Morgan fingerprint density at radius 2 is 2.25 bits per heavy atom. The number of aliphatic hydroxyl groups excluding tert-OH is 1. The highest BCUT2D eigenvalue weighted by atomic mass is 16.3. The molecule has 1 atom stereocenters. The maximum Gasteiger partial charge on any atom is 0.239 e. The van der Waals surface area contributed by atoms with Crippen molar-refractivity contribution in [3.8, 4) is 0 Å². The van der Waals surface area contributed by atoms with Crippen LogP contribution in [0.5, 0.6) is 0 Å². The minimum atomic E-state index is -0.210. The first-order valence-corrected chi connectivity index (χ1v) is 6.13. The van der Waals surface area contributed by atoms with Crippen LogP contribution in [-0.2, 0) is 4.79 Å². The van der Waals surface area contributed by atoms with Crippen molar-refractivity contribution in [2.75, 3.05) is 26.2 Å². The summed E-state index contributed by atoms with van der Waals surface area (Å²) in [4.78, 5) is 14.1. The molecule has 0 radical (unpaired) electrons. The number of amides is 1. The molecule has 0 aliphatic carbocycles. The number of hydrogen-bond acceptors (Lipinski definition) is 3. The summed E-state index contributed by atoms with van der Waals surface area (Å²) in [5.41, 5.74) is 0.106.